The molecule has 0 unspecified atom stereocenters. The number of thiazole rings is 1. The Morgan fingerprint density at radius 3 is 2.54 bits per heavy atom. The van der Waals surface area contributed by atoms with Crippen molar-refractivity contribution < 1.29 is 32.2 Å². The molecule has 1 N–H and O–H groups in total. The zero-order valence-corrected chi connectivity index (χ0v) is 20.9. The first kappa shape index (κ1) is 26.3. The van der Waals surface area contributed by atoms with Crippen molar-refractivity contribution in [1.29, 1.82) is 0 Å². The van der Waals surface area contributed by atoms with E-state index in [-0.39, 0.29) is 39.7 Å². The fourth-order valence-electron chi connectivity index (χ4n) is 3.86. The number of benzene rings is 1. The molecule has 0 spiro atoms. The number of nitrogens with zero attached hydrogens (tertiary/aromatic N) is 4. The van der Waals surface area contributed by atoms with Gasteiger partial charge in [0, 0.05) is 24.0 Å². The molecule has 1 aliphatic heterocycles. The number of hydrogen-bond donors (Lipinski definition) is 1. The van der Waals surface area contributed by atoms with Crippen LogP contribution in [0.4, 0.5) is 24.1 Å². The van der Waals surface area contributed by atoms with Crippen LogP contribution in [0, 0.1) is 5.92 Å². The van der Waals surface area contributed by atoms with Crippen molar-refractivity contribution in [2.45, 2.75) is 25.9 Å². The Morgan fingerprint density at radius 2 is 1.92 bits per heavy atom. The van der Waals surface area contributed by atoms with Gasteiger partial charge < -0.3 is 14.4 Å². The first-order valence-electron chi connectivity index (χ1n) is 11.4. The molecule has 3 heterocycles. The minimum Gasteiger partial charge on any atom is -0.497 e. The number of anilines is 2. The number of carbonyl (C=O) groups is 2. The van der Waals surface area contributed by atoms with Gasteiger partial charge in [-0.15, -0.1) is 11.3 Å². The second kappa shape index (κ2) is 11.1. The SMILES string of the molecule is CCOC(=O)C1CCN(c2cnc(C(=O)Nc3nc(-c4cc(OC)cc(C(F)(F)F)c4)cs3)cn2)CC1. The van der Waals surface area contributed by atoms with Crippen LogP contribution >= 0.6 is 11.3 Å². The lowest BCUT2D eigenvalue weighted by Gasteiger charge is -2.31. The van der Waals surface area contributed by atoms with Gasteiger partial charge in [-0.25, -0.2) is 15.0 Å². The van der Waals surface area contributed by atoms with Crippen molar-refractivity contribution in [3.63, 3.8) is 0 Å². The van der Waals surface area contributed by atoms with Crippen LogP contribution in [0.5, 0.6) is 5.75 Å². The summed E-state index contributed by atoms with van der Waals surface area (Å²) in [6.07, 6.45) is -0.423. The predicted molar refractivity (Wildman–Crippen MR) is 131 cm³/mol. The molecule has 0 saturated carbocycles. The summed E-state index contributed by atoms with van der Waals surface area (Å²) in [7, 11) is 1.28. The highest BCUT2D eigenvalue weighted by molar-refractivity contribution is 7.14. The van der Waals surface area contributed by atoms with Crippen molar-refractivity contribution in [2.24, 2.45) is 5.92 Å². The van der Waals surface area contributed by atoms with E-state index < -0.39 is 17.6 Å². The Balaban J connectivity index is 1.39. The van der Waals surface area contributed by atoms with Gasteiger partial charge >= 0.3 is 12.1 Å². The minimum atomic E-state index is -4.54. The number of halogens is 3. The standard InChI is InChI=1S/C24H24F3N5O4S/c1-3-36-22(34)14-4-6-32(7-5-14)20-12-28-18(11-29-20)21(33)31-23-30-19(13-37-23)15-8-16(24(25,26)27)10-17(9-15)35-2/h8-14H,3-7H2,1-2H3,(H,30,31,33). The Morgan fingerprint density at radius 1 is 1.16 bits per heavy atom. The summed E-state index contributed by atoms with van der Waals surface area (Å²) < 4.78 is 49.7. The molecule has 1 aromatic carbocycles. The fraction of sp³-hybridized carbons (Fsp3) is 0.375. The van der Waals surface area contributed by atoms with E-state index in [9.17, 15) is 22.8 Å². The molecule has 13 heteroatoms. The lowest BCUT2D eigenvalue weighted by molar-refractivity contribution is -0.148. The first-order valence-corrected chi connectivity index (χ1v) is 12.3. The number of hydrogen-bond acceptors (Lipinski definition) is 9. The van der Waals surface area contributed by atoms with E-state index in [1.807, 2.05) is 4.90 Å². The van der Waals surface area contributed by atoms with Crippen LogP contribution in [0.2, 0.25) is 0 Å². The number of ether oxygens (including phenoxy) is 2. The minimum absolute atomic E-state index is 0.0453. The number of rotatable bonds is 7. The summed E-state index contributed by atoms with van der Waals surface area (Å²) in [6.45, 7) is 3.37. The molecule has 3 aromatic rings. The molecule has 1 saturated heterocycles. The van der Waals surface area contributed by atoms with Crippen LogP contribution in [-0.4, -0.2) is 53.6 Å². The van der Waals surface area contributed by atoms with E-state index in [0.717, 1.165) is 23.5 Å². The molecule has 0 radical (unpaired) electrons. The maximum atomic E-state index is 13.2. The smallest absolute Gasteiger partial charge is 0.416 e. The van der Waals surface area contributed by atoms with Gasteiger partial charge in [0.2, 0.25) is 0 Å². The van der Waals surface area contributed by atoms with E-state index >= 15 is 0 Å². The summed E-state index contributed by atoms with van der Waals surface area (Å²) >= 11 is 1.07. The Hall–Kier alpha value is -3.74. The summed E-state index contributed by atoms with van der Waals surface area (Å²) in [5, 5.41) is 4.34. The van der Waals surface area contributed by atoms with Gasteiger partial charge in [0.15, 0.2) is 5.13 Å². The third-order valence-electron chi connectivity index (χ3n) is 5.80. The molecule has 1 aliphatic rings. The van der Waals surface area contributed by atoms with Gasteiger partial charge in [-0.05, 0) is 38.0 Å². The molecule has 2 aromatic heterocycles. The number of esters is 1. The number of aromatic nitrogens is 3. The van der Waals surface area contributed by atoms with Crippen LogP contribution in [0.3, 0.4) is 0 Å². The Kier molecular flexibility index (Phi) is 7.91. The Labute approximate surface area is 214 Å². The van der Waals surface area contributed by atoms with Crippen molar-refractivity contribution in [3.05, 3.63) is 47.2 Å². The van der Waals surface area contributed by atoms with Gasteiger partial charge in [-0.2, -0.15) is 13.2 Å². The highest BCUT2D eigenvalue weighted by Crippen LogP contribution is 2.36. The van der Waals surface area contributed by atoms with Gasteiger partial charge in [-0.1, -0.05) is 0 Å². The summed E-state index contributed by atoms with van der Waals surface area (Å²) in [4.78, 5) is 39.3. The number of piperidine rings is 1. The first-order chi connectivity index (χ1) is 17.7. The molecule has 4 rings (SSSR count). The molecule has 0 atom stereocenters. The number of alkyl halides is 3. The quantitative estimate of drug-likeness (QED) is 0.436. The van der Waals surface area contributed by atoms with E-state index in [2.05, 4.69) is 20.3 Å². The third kappa shape index (κ3) is 6.34. The van der Waals surface area contributed by atoms with Crippen molar-refractivity contribution in [3.8, 4) is 17.0 Å². The second-order valence-electron chi connectivity index (χ2n) is 8.21. The number of nitrogens with one attached hydrogen (secondary N) is 1. The van der Waals surface area contributed by atoms with Crippen molar-refractivity contribution >= 4 is 34.2 Å². The normalized spacial score (nSPS) is 14.4. The largest absolute Gasteiger partial charge is 0.497 e. The second-order valence-corrected chi connectivity index (χ2v) is 9.07. The molecule has 9 nitrogen and oxygen atoms in total. The monoisotopic (exact) mass is 535 g/mol. The highest BCUT2D eigenvalue weighted by Gasteiger charge is 2.32. The van der Waals surface area contributed by atoms with E-state index in [4.69, 9.17) is 9.47 Å². The molecule has 37 heavy (non-hydrogen) atoms. The molecule has 196 valence electrons. The highest BCUT2D eigenvalue weighted by atomic mass is 32.1. The maximum Gasteiger partial charge on any atom is 0.416 e. The summed E-state index contributed by atoms with van der Waals surface area (Å²) in [5.41, 5.74) is -0.333. The zero-order valence-electron chi connectivity index (χ0n) is 20.0. The molecule has 1 fully saturated rings. The molecule has 0 bridgehead atoms. The van der Waals surface area contributed by atoms with E-state index in [1.165, 1.54) is 25.6 Å². The summed E-state index contributed by atoms with van der Waals surface area (Å²) in [5.74, 6) is -0.229. The maximum absolute atomic E-state index is 13.2. The zero-order chi connectivity index (χ0) is 26.6. The van der Waals surface area contributed by atoms with Crippen molar-refractivity contribution in [2.75, 3.05) is 37.0 Å². The lowest BCUT2D eigenvalue weighted by atomic mass is 9.97. The van der Waals surface area contributed by atoms with Crippen LogP contribution in [0.15, 0.2) is 36.0 Å². The number of carbonyl (C=O) groups excluding carboxylic acids is 2. The predicted octanol–water partition coefficient (Wildman–Crippen LogP) is 4.66. The van der Waals surface area contributed by atoms with E-state index in [0.29, 0.717) is 38.4 Å². The van der Waals surface area contributed by atoms with Gasteiger partial charge in [-0.3, -0.25) is 14.9 Å². The number of amides is 1. The fourth-order valence-corrected chi connectivity index (χ4v) is 4.57. The third-order valence-corrected chi connectivity index (χ3v) is 6.56. The van der Waals surface area contributed by atoms with E-state index in [1.54, 1.807) is 12.3 Å². The average Bonchev–Trinajstić information content (AvgIpc) is 3.36. The van der Waals surface area contributed by atoms with Crippen molar-refractivity contribution in [1.82, 2.24) is 15.0 Å². The number of methoxy groups -OCH3 is 1. The van der Waals surface area contributed by atoms with Crippen LogP contribution in [0.1, 0.15) is 35.8 Å². The molecular weight excluding hydrogens is 511 g/mol. The lowest BCUT2D eigenvalue weighted by Crippen LogP contribution is -2.37. The van der Waals surface area contributed by atoms with Crippen LogP contribution in [0.25, 0.3) is 11.3 Å². The Bertz CT molecular complexity index is 1260. The molecule has 0 aliphatic carbocycles. The van der Waals surface area contributed by atoms with Gasteiger partial charge in [0.1, 0.15) is 17.3 Å². The topological polar surface area (TPSA) is 107 Å². The van der Waals surface area contributed by atoms with Crippen LogP contribution in [-0.2, 0) is 15.7 Å². The van der Waals surface area contributed by atoms with Gasteiger partial charge in [0.05, 0.1) is 43.3 Å². The average molecular weight is 536 g/mol. The van der Waals surface area contributed by atoms with Gasteiger partial charge in [0.25, 0.3) is 5.91 Å². The van der Waals surface area contributed by atoms with Crippen LogP contribution < -0.4 is 15.0 Å². The molecule has 1 amide bonds. The summed E-state index contributed by atoms with van der Waals surface area (Å²) in [6, 6.07) is 3.32. The molecular formula is C24H24F3N5O4S.